The van der Waals surface area contributed by atoms with Crippen molar-refractivity contribution in [2.45, 2.75) is 46.0 Å². The van der Waals surface area contributed by atoms with Crippen molar-refractivity contribution < 1.29 is 4.79 Å². The van der Waals surface area contributed by atoms with Crippen LogP contribution in [0.3, 0.4) is 0 Å². The van der Waals surface area contributed by atoms with E-state index >= 15 is 0 Å². The molecule has 1 unspecified atom stereocenters. The number of amides is 1. The van der Waals surface area contributed by atoms with Crippen molar-refractivity contribution >= 4 is 17.3 Å². The van der Waals surface area contributed by atoms with E-state index in [9.17, 15) is 4.79 Å². The number of nitrogens with one attached hydrogen (secondary N) is 2. The summed E-state index contributed by atoms with van der Waals surface area (Å²) in [4.78, 5) is 12.5. The average Bonchev–Trinajstić information content (AvgIpc) is 2.78. The average molecular weight is 272 g/mol. The molecule has 0 saturated heterocycles. The molecule has 20 heavy (non-hydrogen) atoms. The minimum Gasteiger partial charge on any atom is -0.385 e. The zero-order valence-electron chi connectivity index (χ0n) is 12.5. The minimum absolute atomic E-state index is 0.135. The summed E-state index contributed by atoms with van der Waals surface area (Å²) in [6, 6.07) is 6.25. The van der Waals surface area contributed by atoms with Crippen LogP contribution in [-0.4, -0.2) is 12.5 Å². The van der Waals surface area contributed by atoms with Gasteiger partial charge in [0.05, 0.1) is 0 Å². The van der Waals surface area contributed by atoms with Gasteiger partial charge in [-0.2, -0.15) is 0 Å². The Morgan fingerprint density at radius 3 is 2.95 bits per heavy atom. The minimum atomic E-state index is 0.135. The predicted octanol–water partition coefficient (Wildman–Crippen LogP) is 3.81. The van der Waals surface area contributed by atoms with Gasteiger partial charge in [-0.1, -0.05) is 26.3 Å². The Bertz CT molecular complexity index is 522. The quantitative estimate of drug-likeness (QED) is 0.859. The lowest BCUT2D eigenvalue weighted by Crippen LogP contribution is -2.30. The smallest absolute Gasteiger partial charge is 0.228 e. The molecular weight excluding hydrogens is 248 g/mol. The summed E-state index contributed by atoms with van der Waals surface area (Å²) in [7, 11) is 0. The van der Waals surface area contributed by atoms with Crippen LogP contribution >= 0.6 is 0 Å². The van der Waals surface area contributed by atoms with E-state index in [1.807, 2.05) is 6.07 Å². The van der Waals surface area contributed by atoms with Crippen molar-refractivity contribution in [2.24, 2.45) is 11.3 Å². The summed E-state index contributed by atoms with van der Waals surface area (Å²) < 4.78 is 0. The molecule has 1 atom stereocenters. The number of hydrogen-bond acceptors (Lipinski definition) is 2. The van der Waals surface area contributed by atoms with E-state index in [0.29, 0.717) is 0 Å². The summed E-state index contributed by atoms with van der Waals surface area (Å²) in [5.74, 6) is 0.328. The fraction of sp³-hybridized carbons (Fsp3) is 0.588. The standard InChI is InChI=1S/C17H24N2O/c1-17(2)9-3-6-14(17)16(20)19-13-8-7-12-5-4-10-18-15(12)11-13/h7-8,11,14,18H,3-6,9-10H2,1-2H3,(H,19,20). The van der Waals surface area contributed by atoms with Crippen molar-refractivity contribution in [1.29, 1.82) is 0 Å². The third kappa shape index (κ3) is 2.54. The maximum atomic E-state index is 12.5. The van der Waals surface area contributed by atoms with Crippen LogP contribution in [0.4, 0.5) is 11.4 Å². The van der Waals surface area contributed by atoms with Gasteiger partial charge in [-0.25, -0.2) is 0 Å². The normalized spacial score (nSPS) is 23.8. The molecular formula is C17H24N2O. The van der Waals surface area contributed by atoms with Crippen molar-refractivity contribution in [1.82, 2.24) is 0 Å². The lowest BCUT2D eigenvalue weighted by molar-refractivity contribution is -0.122. The fourth-order valence-corrected chi connectivity index (χ4v) is 3.58. The van der Waals surface area contributed by atoms with Crippen LogP contribution in [-0.2, 0) is 11.2 Å². The van der Waals surface area contributed by atoms with Crippen LogP contribution < -0.4 is 10.6 Å². The molecule has 3 nitrogen and oxygen atoms in total. The molecule has 1 aromatic rings. The van der Waals surface area contributed by atoms with Gasteiger partial charge in [-0.3, -0.25) is 4.79 Å². The van der Waals surface area contributed by atoms with Crippen LogP contribution in [0.25, 0.3) is 0 Å². The molecule has 3 rings (SSSR count). The Balaban J connectivity index is 1.73. The summed E-state index contributed by atoms with van der Waals surface area (Å²) in [5, 5.41) is 6.52. The molecule has 1 aromatic carbocycles. The van der Waals surface area contributed by atoms with E-state index < -0.39 is 0 Å². The second kappa shape index (κ2) is 5.12. The van der Waals surface area contributed by atoms with E-state index in [-0.39, 0.29) is 17.2 Å². The van der Waals surface area contributed by atoms with Crippen molar-refractivity contribution in [3.8, 4) is 0 Å². The lowest BCUT2D eigenvalue weighted by atomic mass is 9.81. The van der Waals surface area contributed by atoms with Crippen LogP contribution in [0.2, 0.25) is 0 Å². The van der Waals surface area contributed by atoms with Gasteiger partial charge in [0.2, 0.25) is 5.91 Å². The molecule has 1 fully saturated rings. The van der Waals surface area contributed by atoms with Gasteiger partial charge in [-0.05, 0) is 48.8 Å². The monoisotopic (exact) mass is 272 g/mol. The Morgan fingerprint density at radius 1 is 1.35 bits per heavy atom. The topological polar surface area (TPSA) is 41.1 Å². The second-order valence-corrected chi connectivity index (χ2v) is 6.82. The zero-order valence-corrected chi connectivity index (χ0v) is 12.5. The SMILES string of the molecule is CC1(C)CCCC1C(=O)Nc1ccc2c(c1)NCCC2. The van der Waals surface area contributed by atoms with Crippen LogP contribution in [0.5, 0.6) is 0 Å². The first-order chi connectivity index (χ1) is 9.56. The van der Waals surface area contributed by atoms with Crippen molar-refractivity contribution in [2.75, 3.05) is 17.2 Å². The number of aryl methyl sites for hydroxylation is 1. The predicted molar refractivity (Wildman–Crippen MR) is 83.0 cm³/mol. The second-order valence-electron chi connectivity index (χ2n) is 6.82. The van der Waals surface area contributed by atoms with Gasteiger partial charge in [-0.15, -0.1) is 0 Å². The highest BCUT2D eigenvalue weighted by molar-refractivity contribution is 5.93. The summed E-state index contributed by atoms with van der Waals surface area (Å²) in [5.41, 5.74) is 3.59. The molecule has 1 amide bonds. The molecule has 1 aliphatic heterocycles. The molecule has 0 bridgehead atoms. The Kier molecular flexibility index (Phi) is 3.45. The largest absolute Gasteiger partial charge is 0.385 e. The molecule has 1 aliphatic carbocycles. The van der Waals surface area contributed by atoms with Crippen molar-refractivity contribution in [3.05, 3.63) is 23.8 Å². The highest BCUT2D eigenvalue weighted by Gasteiger charge is 2.39. The molecule has 108 valence electrons. The van der Waals surface area contributed by atoms with Gasteiger partial charge in [0.25, 0.3) is 0 Å². The Hall–Kier alpha value is -1.51. The van der Waals surface area contributed by atoms with Gasteiger partial charge >= 0.3 is 0 Å². The van der Waals surface area contributed by atoms with Crippen LogP contribution in [0, 0.1) is 11.3 Å². The molecule has 3 heteroatoms. The number of benzene rings is 1. The van der Waals surface area contributed by atoms with Gasteiger partial charge in [0, 0.05) is 23.8 Å². The summed E-state index contributed by atoms with van der Waals surface area (Å²) in [6.45, 7) is 5.44. The number of carbonyl (C=O) groups is 1. The van der Waals surface area contributed by atoms with Crippen LogP contribution in [0.15, 0.2) is 18.2 Å². The molecule has 1 saturated carbocycles. The zero-order chi connectivity index (χ0) is 14.2. The molecule has 0 aromatic heterocycles. The van der Waals surface area contributed by atoms with Gasteiger partial charge < -0.3 is 10.6 Å². The number of carbonyl (C=O) groups excluding carboxylic acids is 1. The van der Waals surface area contributed by atoms with E-state index in [4.69, 9.17) is 0 Å². The third-order valence-corrected chi connectivity index (χ3v) is 4.89. The highest BCUT2D eigenvalue weighted by atomic mass is 16.1. The first kappa shape index (κ1) is 13.5. The van der Waals surface area contributed by atoms with E-state index in [1.54, 1.807) is 0 Å². The molecule has 2 aliphatic rings. The van der Waals surface area contributed by atoms with E-state index in [2.05, 4.69) is 36.6 Å². The third-order valence-electron chi connectivity index (χ3n) is 4.89. The molecule has 1 heterocycles. The summed E-state index contributed by atoms with van der Waals surface area (Å²) >= 11 is 0. The fourth-order valence-electron chi connectivity index (χ4n) is 3.58. The van der Waals surface area contributed by atoms with Crippen LogP contribution in [0.1, 0.15) is 45.1 Å². The number of hydrogen-bond donors (Lipinski definition) is 2. The van der Waals surface area contributed by atoms with Gasteiger partial charge in [0.1, 0.15) is 0 Å². The number of anilines is 2. The Morgan fingerprint density at radius 2 is 2.20 bits per heavy atom. The molecule has 2 N–H and O–H groups in total. The molecule has 0 radical (unpaired) electrons. The summed E-state index contributed by atoms with van der Waals surface area (Å²) in [6.07, 6.45) is 5.65. The first-order valence-electron chi connectivity index (χ1n) is 7.74. The maximum absolute atomic E-state index is 12.5. The van der Waals surface area contributed by atoms with E-state index in [0.717, 1.165) is 37.9 Å². The highest BCUT2D eigenvalue weighted by Crippen LogP contribution is 2.43. The van der Waals surface area contributed by atoms with Gasteiger partial charge in [0.15, 0.2) is 0 Å². The molecule has 0 spiro atoms. The number of rotatable bonds is 2. The van der Waals surface area contributed by atoms with E-state index in [1.165, 1.54) is 17.7 Å². The maximum Gasteiger partial charge on any atom is 0.228 e. The first-order valence-corrected chi connectivity index (χ1v) is 7.74. The number of fused-ring (bicyclic) bond motifs is 1. The Labute approximate surface area is 121 Å². The van der Waals surface area contributed by atoms with Crippen molar-refractivity contribution in [3.63, 3.8) is 0 Å². The lowest BCUT2D eigenvalue weighted by Gasteiger charge is -2.26.